The summed E-state index contributed by atoms with van der Waals surface area (Å²) in [6.07, 6.45) is 7.07. The second-order valence-corrected chi connectivity index (χ2v) is 8.87. The van der Waals surface area contributed by atoms with Crippen LogP contribution in [-0.4, -0.2) is 66.7 Å². The van der Waals surface area contributed by atoms with Gasteiger partial charge in [-0.15, -0.1) is 0 Å². The molecular weight excluding hydrogens is 422 g/mol. The molecule has 1 aromatic carbocycles. The van der Waals surface area contributed by atoms with Crippen molar-refractivity contribution in [1.82, 2.24) is 20.6 Å². The van der Waals surface area contributed by atoms with Gasteiger partial charge in [0.15, 0.2) is 0 Å². The van der Waals surface area contributed by atoms with Crippen molar-refractivity contribution in [2.24, 2.45) is 0 Å². The van der Waals surface area contributed by atoms with Crippen LogP contribution >= 0.6 is 0 Å². The molecule has 2 aliphatic heterocycles. The van der Waals surface area contributed by atoms with Crippen LogP contribution in [0.4, 0.5) is 10.7 Å². The third-order valence-electron chi connectivity index (χ3n) is 6.66. The maximum atomic E-state index is 12.5. The van der Waals surface area contributed by atoms with Gasteiger partial charge < -0.3 is 30.2 Å². The highest BCUT2D eigenvalue weighted by atomic mass is 16.6. The summed E-state index contributed by atoms with van der Waals surface area (Å²) in [5.41, 5.74) is 1.67. The lowest BCUT2D eigenvalue weighted by molar-refractivity contribution is 0.0681. The molecule has 33 heavy (non-hydrogen) atoms. The number of nitrogens with zero attached hydrogens (tertiary/aromatic N) is 2. The summed E-state index contributed by atoms with van der Waals surface area (Å²) in [5.74, 6) is 1.26. The Morgan fingerprint density at radius 2 is 1.76 bits per heavy atom. The van der Waals surface area contributed by atoms with Crippen LogP contribution in [0.25, 0.3) is 11.3 Å². The van der Waals surface area contributed by atoms with E-state index in [2.05, 4.69) is 25.9 Å². The van der Waals surface area contributed by atoms with Gasteiger partial charge in [0.1, 0.15) is 18.0 Å². The highest BCUT2D eigenvalue weighted by Gasteiger charge is 2.48. The summed E-state index contributed by atoms with van der Waals surface area (Å²) in [6, 6.07) is 9.46. The van der Waals surface area contributed by atoms with Crippen molar-refractivity contribution < 1.29 is 19.0 Å². The average molecular weight is 454 g/mol. The maximum Gasteiger partial charge on any atom is 0.315 e. The quantitative estimate of drug-likeness (QED) is 0.617. The number of rotatable bonds is 6. The van der Waals surface area contributed by atoms with E-state index in [1.54, 1.807) is 13.3 Å². The molecule has 5 rings (SSSR count). The standard InChI is InChI=1S/C24H31N5O4/c1-31-20-10-6-5-9-16(20)17-11-12-25-23(27-17)28-18-13-32-22-19(14-33-21(18)22)29-24(30)26-15-7-3-2-4-8-15/h5-6,9-12,15,18-19,21-22H,2-4,7-8,13-14H2,1H3,(H,25,27,28)(H2,26,29,30)/t18-,19+,21-,22+/m1/s1. The monoisotopic (exact) mass is 453 g/mol. The second-order valence-electron chi connectivity index (χ2n) is 8.87. The van der Waals surface area contributed by atoms with E-state index in [1.807, 2.05) is 30.3 Å². The fourth-order valence-electron chi connectivity index (χ4n) is 4.99. The van der Waals surface area contributed by atoms with Crippen LogP contribution in [0.5, 0.6) is 5.75 Å². The van der Waals surface area contributed by atoms with Crippen molar-refractivity contribution in [3.8, 4) is 17.0 Å². The molecule has 3 heterocycles. The summed E-state index contributed by atoms with van der Waals surface area (Å²) in [5, 5.41) is 9.51. The molecule has 0 spiro atoms. The summed E-state index contributed by atoms with van der Waals surface area (Å²) >= 11 is 0. The van der Waals surface area contributed by atoms with E-state index < -0.39 is 0 Å². The Labute approximate surface area is 193 Å². The van der Waals surface area contributed by atoms with Crippen LogP contribution in [0, 0.1) is 0 Å². The van der Waals surface area contributed by atoms with Gasteiger partial charge in [-0.2, -0.15) is 0 Å². The van der Waals surface area contributed by atoms with E-state index in [-0.39, 0.29) is 36.4 Å². The van der Waals surface area contributed by atoms with Gasteiger partial charge in [0.2, 0.25) is 5.95 Å². The van der Waals surface area contributed by atoms with Crippen LogP contribution in [0.15, 0.2) is 36.5 Å². The first-order chi connectivity index (χ1) is 16.2. The molecule has 9 nitrogen and oxygen atoms in total. The van der Waals surface area contributed by atoms with Gasteiger partial charge >= 0.3 is 6.03 Å². The normalized spacial score (nSPS) is 27.1. The first kappa shape index (κ1) is 21.9. The van der Waals surface area contributed by atoms with Gasteiger partial charge in [-0.05, 0) is 31.0 Å². The first-order valence-corrected chi connectivity index (χ1v) is 11.7. The molecule has 1 aliphatic carbocycles. The van der Waals surface area contributed by atoms with Gasteiger partial charge in [-0.25, -0.2) is 14.8 Å². The van der Waals surface area contributed by atoms with Crippen LogP contribution in [0.1, 0.15) is 32.1 Å². The number of benzene rings is 1. The lowest BCUT2D eigenvalue weighted by Crippen LogP contribution is -2.51. The van der Waals surface area contributed by atoms with Crippen LogP contribution in [0.3, 0.4) is 0 Å². The average Bonchev–Trinajstić information content (AvgIpc) is 3.43. The number of urea groups is 1. The zero-order chi connectivity index (χ0) is 22.6. The first-order valence-electron chi connectivity index (χ1n) is 11.7. The van der Waals surface area contributed by atoms with Gasteiger partial charge in [0.25, 0.3) is 0 Å². The Bertz CT molecular complexity index is 967. The van der Waals surface area contributed by atoms with E-state index >= 15 is 0 Å². The molecule has 2 aromatic rings. The van der Waals surface area contributed by atoms with Crippen molar-refractivity contribution in [1.29, 1.82) is 0 Å². The number of hydrogen-bond acceptors (Lipinski definition) is 7. The molecule has 1 saturated carbocycles. The molecule has 4 atom stereocenters. The topological polar surface area (TPSA) is 107 Å². The van der Waals surface area contributed by atoms with Crippen molar-refractivity contribution >= 4 is 12.0 Å². The molecule has 3 aliphatic rings. The number of para-hydroxylation sites is 1. The van der Waals surface area contributed by atoms with Crippen molar-refractivity contribution in [3.05, 3.63) is 36.5 Å². The van der Waals surface area contributed by atoms with Crippen LogP contribution in [0.2, 0.25) is 0 Å². The van der Waals surface area contributed by atoms with E-state index in [1.165, 1.54) is 19.3 Å². The Balaban J connectivity index is 1.19. The fraction of sp³-hybridized carbons (Fsp3) is 0.542. The van der Waals surface area contributed by atoms with Crippen molar-refractivity contribution in [2.45, 2.75) is 62.4 Å². The van der Waals surface area contributed by atoms with Gasteiger partial charge in [0.05, 0.1) is 38.1 Å². The minimum absolute atomic E-state index is 0.101. The van der Waals surface area contributed by atoms with E-state index in [9.17, 15) is 4.79 Å². The van der Waals surface area contributed by atoms with E-state index in [0.29, 0.717) is 19.2 Å². The van der Waals surface area contributed by atoms with E-state index in [0.717, 1.165) is 29.8 Å². The minimum atomic E-state index is -0.197. The number of carbonyl (C=O) groups excluding carboxylic acids is 1. The lowest BCUT2D eigenvalue weighted by atomic mass is 9.96. The number of nitrogens with one attached hydrogen (secondary N) is 3. The smallest absolute Gasteiger partial charge is 0.315 e. The molecule has 3 N–H and O–H groups in total. The van der Waals surface area contributed by atoms with Crippen molar-refractivity contribution in [2.75, 3.05) is 25.6 Å². The minimum Gasteiger partial charge on any atom is -0.496 e. The molecule has 9 heteroatoms. The molecule has 0 bridgehead atoms. The van der Waals surface area contributed by atoms with Crippen LogP contribution in [-0.2, 0) is 9.47 Å². The third kappa shape index (κ3) is 4.89. The summed E-state index contributed by atoms with van der Waals surface area (Å²) < 4.78 is 17.5. The Hall–Kier alpha value is -2.91. The summed E-state index contributed by atoms with van der Waals surface area (Å²) in [7, 11) is 1.65. The zero-order valence-electron chi connectivity index (χ0n) is 18.8. The van der Waals surface area contributed by atoms with E-state index in [4.69, 9.17) is 14.2 Å². The fourth-order valence-corrected chi connectivity index (χ4v) is 4.99. The number of amides is 2. The molecule has 0 radical (unpaired) electrons. The number of anilines is 1. The third-order valence-corrected chi connectivity index (χ3v) is 6.66. The van der Waals surface area contributed by atoms with Crippen molar-refractivity contribution in [3.63, 3.8) is 0 Å². The number of hydrogen-bond donors (Lipinski definition) is 3. The molecule has 176 valence electrons. The number of fused-ring (bicyclic) bond motifs is 1. The lowest BCUT2D eigenvalue weighted by Gasteiger charge is -2.24. The highest BCUT2D eigenvalue weighted by molar-refractivity contribution is 5.74. The molecule has 1 aromatic heterocycles. The van der Waals surface area contributed by atoms with Gasteiger partial charge in [-0.3, -0.25) is 0 Å². The molecular formula is C24H31N5O4. The predicted molar refractivity (Wildman–Crippen MR) is 123 cm³/mol. The SMILES string of the molecule is COc1ccccc1-c1ccnc(N[C@@H]2CO[C@@H]3[C@@H]2OC[C@@H]3NC(=O)NC2CCCCC2)n1. The molecule has 0 unspecified atom stereocenters. The summed E-state index contributed by atoms with van der Waals surface area (Å²) in [4.78, 5) is 21.5. The Kier molecular flexibility index (Phi) is 6.59. The number of aromatic nitrogens is 2. The van der Waals surface area contributed by atoms with Gasteiger partial charge in [0, 0.05) is 17.8 Å². The zero-order valence-corrected chi connectivity index (χ0v) is 18.8. The number of methoxy groups -OCH3 is 1. The Morgan fingerprint density at radius 3 is 2.58 bits per heavy atom. The largest absolute Gasteiger partial charge is 0.496 e. The molecule has 2 saturated heterocycles. The molecule has 2 amide bonds. The Morgan fingerprint density at radius 1 is 1.00 bits per heavy atom. The molecule has 3 fully saturated rings. The highest BCUT2D eigenvalue weighted by Crippen LogP contribution is 2.31. The number of ether oxygens (including phenoxy) is 3. The predicted octanol–water partition coefficient (Wildman–Crippen LogP) is 2.73. The number of carbonyl (C=O) groups is 1. The second kappa shape index (κ2) is 9.93. The maximum absolute atomic E-state index is 12.5. The van der Waals surface area contributed by atoms with Crippen LogP contribution < -0.4 is 20.7 Å². The summed E-state index contributed by atoms with van der Waals surface area (Å²) in [6.45, 7) is 0.883. The van der Waals surface area contributed by atoms with Gasteiger partial charge in [-0.1, -0.05) is 31.4 Å².